The fraction of sp³-hybridized carbons (Fsp3) is 0.320. The van der Waals surface area contributed by atoms with Crippen LogP contribution in [0, 0.1) is 0 Å². The maximum Gasteiger partial charge on any atom is 0.250 e. The van der Waals surface area contributed by atoms with Crippen molar-refractivity contribution in [3.05, 3.63) is 78.4 Å². The minimum absolute atomic E-state index is 0.0144. The van der Waals surface area contributed by atoms with Gasteiger partial charge in [0.25, 0.3) is 0 Å². The molecule has 3 aromatic rings. The number of methoxy groups -OCH3 is 1. The van der Waals surface area contributed by atoms with Gasteiger partial charge < -0.3 is 24.8 Å². The third-order valence-electron chi connectivity index (χ3n) is 5.63. The molecule has 3 heterocycles. The lowest BCUT2D eigenvalue weighted by Gasteiger charge is -2.28. The number of carbonyl (C=O) groups is 1. The standard InChI is InChI=1S/C25H29N5O2S/c1-25(2,3)29-14-12-17(15-29)23-22(20-7-5-6-13-26-20)28-24(33)30(23)19-10-8-18(9-11-19)27-21(31)16-32-4/h5-15,22-23H,16H2,1-4H3,(H,27,31)(H,28,33)/t22-,23-/m0/s1. The lowest BCUT2D eigenvalue weighted by molar-refractivity contribution is -0.119. The number of benzene rings is 1. The maximum atomic E-state index is 11.8. The summed E-state index contributed by atoms with van der Waals surface area (Å²) in [5, 5.41) is 6.94. The quantitative estimate of drug-likeness (QED) is 0.528. The Morgan fingerprint density at radius 1 is 1.18 bits per heavy atom. The lowest BCUT2D eigenvalue weighted by atomic mass is 9.98. The van der Waals surface area contributed by atoms with Crippen molar-refractivity contribution in [2.75, 3.05) is 23.9 Å². The zero-order valence-corrected chi connectivity index (χ0v) is 20.1. The largest absolute Gasteiger partial charge is 0.375 e. The van der Waals surface area contributed by atoms with E-state index >= 15 is 0 Å². The van der Waals surface area contributed by atoms with Gasteiger partial charge in [-0.3, -0.25) is 9.78 Å². The van der Waals surface area contributed by atoms with Crippen molar-refractivity contribution in [3.8, 4) is 0 Å². The highest BCUT2D eigenvalue weighted by molar-refractivity contribution is 7.80. The van der Waals surface area contributed by atoms with Crippen molar-refractivity contribution in [3.63, 3.8) is 0 Å². The molecule has 33 heavy (non-hydrogen) atoms. The molecule has 2 N–H and O–H groups in total. The molecule has 2 atom stereocenters. The van der Waals surface area contributed by atoms with Crippen LogP contribution in [0.25, 0.3) is 0 Å². The summed E-state index contributed by atoms with van der Waals surface area (Å²) in [6.07, 6.45) is 6.10. The summed E-state index contributed by atoms with van der Waals surface area (Å²) in [6, 6.07) is 15.6. The highest BCUT2D eigenvalue weighted by Gasteiger charge is 2.41. The van der Waals surface area contributed by atoms with Crippen molar-refractivity contribution in [1.82, 2.24) is 14.9 Å². The van der Waals surface area contributed by atoms with E-state index in [1.807, 2.05) is 42.5 Å². The molecule has 0 saturated carbocycles. The first-order chi connectivity index (χ1) is 15.8. The molecule has 8 heteroatoms. The number of aromatic nitrogens is 2. The molecule has 172 valence electrons. The topological polar surface area (TPSA) is 71.4 Å². The first-order valence-electron chi connectivity index (χ1n) is 10.9. The molecule has 1 saturated heterocycles. The molecule has 7 nitrogen and oxygen atoms in total. The van der Waals surface area contributed by atoms with Crippen molar-refractivity contribution in [1.29, 1.82) is 0 Å². The SMILES string of the molecule is COCC(=O)Nc1ccc(N2C(=S)N[C@@H](c3ccccn3)[C@@H]2c2ccn(C(C)(C)C)c2)cc1. The predicted octanol–water partition coefficient (Wildman–Crippen LogP) is 4.40. The zero-order chi connectivity index (χ0) is 23.6. The molecule has 1 fully saturated rings. The first kappa shape index (κ1) is 22.9. The number of carbonyl (C=O) groups excluding carboxylic acids is 1. The van der Waals surface area contributed by atoms with E-state index in [1.165, 1.54) is 7.11 Å². The van der Waals surface area contributed by atoms with Crippen LogP contribution < -0.4 is 15.5 Å². The second kappa shape index (κ2) is 9.33. The lowest BCUT2D eigenvalue weighted by Crippen LogP contribution is -2.29. The predicted molar refractivity (Wildman–Crippen MR) is 134 cm³/mol. The van der Waals surface area contributed by atoms with Gasteiger partial charge in [0.15, 0.2) is 5.11 Å². The summed E-state index contributed by atoms with van der Waals surface area (Å²) in [6.45, 7) is 6.55. The summed E-state index contributed by atoms with van der Waals surface area (Å²) >= 11 is 5.79. The van der Waals surface area contributed by atoms with Gasteiger partial charge >= 0.3 is 0 Å². The van der Waals surface area contributed by atoms with Crippen LogP contribution in [-0.2, 0) is 15.1 Å². The Morgan fingerprint density at radius 3 is 2.55 bits per heavy atom. The van der Waals surface area contributed by atoms with Gasteiger partial charge in [-0.1, -0.05) is 6.07 Å². The van der Waals surface area contributed by atoms with E-state index in [9.17, 15) is 4.79 Å². The smallest absolute Gasteiger partial charge is 0.250 e. The fourth-order valence-electron chi connectivity index (χ4n) is 4.01. The van der Waals surface area contributed by atoms with Crippen LogP contribution in [0.3, 0.4) is 0 Å². The number of thiocarbonyl (C=S) groups is 1. The Hall–Kier alpha value is -3.23. The Morgan fingerprint density at radius 2 is 1.94 bits per heavy atom. The molecule has 2 aromatic heterocycles. The normalized spacial score (nSPS) is 18.3. The summed E-state index contributed by atoms with van der Waals surface area (Å²) in [5.74, 6) is -0.194. The van der Waals surface area contributed by atoms with Crippen LogP contribution in [0.5, 0.6) is 0 Å². The second-order valence-corrected chi connectivity index (χ2v) is 9.43. The molecule has 1 aliphatic heterocycles. The number of nitrogens with one attached hydrogen (secondary N) is 2. The van der Waals surface area contributed by atoms with Gasteiger partial charge in [0.05, 0.1) is 17.8 Å². The first-order valence-corrected chi connectivity index (χ1v) is 11.3. The van der Waals surface area contributed by atoms with E-state index in [0.29, 0.717) is 10.8 Å². The van der Waals surface area contributed by atoms with Crippen LogP contribution >= 0.6 is 12.2 Å². The summed E-state index contributed by atoms with van der Waals surface area (Å²) in [7, 11) is 1.50. The molecular weight excluding hydrogens is 434 g/mol. The number of ether oxygens (including phenoxy) is 1. The molecule has 1 aliphatic rings. The molecule has 1 amide bonds. The number of anilines is 2. The van der Waals surface area contributed by atoms with Crippen LogP contribution in [0.4, 0.5) is 11.4 Å². The van der Waals surface area contributed by atoms with Gasteiger partial charge in [-0.25, -0.2) is 0 Å². The number of hydrogen-bond acceptors (Lipinski definition) is 4. The van der Waals surface area contributed by atoms with Gasteiger partial charge in [0.1, 0.15) is 6.61 Å². The van der Waals surface area contributed by atoms with Crippen molar-refractivity contribution in [2.24, 2.45) is 0 Å². The van der Waals surface area contributed by atoms with Crippen LogP contribution in [0.2, 0.25) is 0 Å². The van der Waals surface area contributed by atoms with Crippen molar-refractivity contribution in [2.45, 2.75) is 38.4 Å². The van der Waals surface area contributed by atoms with Crippen LogP contribution in [0.1, 0.15) is 44.1 Å². The highest BCUT2D eigenvalue weighted by Crippen LogP contribution is 2.42. The average molecular weight is 464 g/mol. The molecule has 0 spiro atoms. The maximum absolute atomic E-state index is 11.8. The van der Waals surface area contributed by atoms with E-state index < -0.39 is 0 Å². The number of rotatable bonds is 6. The Bertz CT molecular complexity index is 1120. The molecule has 1 aromatic carbocycles. The van der Waals surface area contributed by atoms with Gasteiger partial charge in [-0.2, -0.15) is 0 Å². The molecule has 0 bridgehead atoms. The van der Waals surface area contributed by atoms with E-state index in [2.05, 4.69) is 64.3 Å². The molecule has 4 rings (SSSR count). The van der Waals surface area contributed by atoms with Gasteiger partial charge in [-0.05, 0) is 81.0 Å². The third-order valence-corrected chi connectivity index (χ3v) is 5.95. The summed E-state index contributed by atoms with van der Waals surface area (Å²) in [5.41, 5.74) is 3.68. The number of nitrogens with zero attached hydrogens (tertiary/aromatic N) is 3. The van der Waals surface area contributed by atoms with E-state index in [4.69, 9.17) is 17.0 Å². The Labute approximate surface area is 199 Å². The zero-order valence-electron chi connectivity index (χ0n) is 19.3. The van der Waals surface area contributed by atoms with Gasteiger partial charge in [0, 0.05) is 42.6 Å². The van der Waals surface area contributed by atoms with Gasteiger partial charge in [-0.15, -0.1) is 0 Å². The summed E-state index contributed by atoms with van der Waals surface area (Å²) in [4.78, 5) is 18.6. The van der Waals surface area contributed by atoms with Crippen LogP contribution in [-0.4, -0.2) is 34.3 Å². The number of hydrogen-bond donors (Lipinski definition) is 2. The molecule has 0 aliphatic carbocycles. The number of amides is 1. The minimum atomic E-state index is -0.194. The summed E-state index contributed by atoms with van der Waals surface area (Å²) < 4.78 is 7.10. The van der Waals surface area contributed by atoms with E-state index in [-0.39, 0.29) is 30.1 Å². The van der Waals surface area contributed by atoms with Crippen molar-refractivity contribution >= 4 is 34.6 Å². The Balaban J connectivity index is 1.70. The Kier molecular flexibility index (Phi) is 6.49. The number of pyridine rings is 1. The van der Waals surface area contributed by atoms with E-state index in [0.717, 1.165) is 16.9 Å². The molecular formula is C25H29N5O2S. The van der Waals surface area contributed by atoms with Crippen molar-refractivity contribution < 1.29 is 9.53 Å². The van der Waals surface area contributed by atoms with Gasteiger partial charge in [0.2, 0.25) is 5.91 Å². The highest BCUT2D eigenvalue weighted by atomic mass is 32.1. The molecule has 0 unspecified atom stereocenters. The second-order valence-electron chi connectivity index (χ2n) is 9.05. The van der Waals surface area contributed by atoms with E-state index in [1.54, 1.807) is 6.20 Å². The average Bonchev–Trinajstić information content (AvgIpc) is 3.40. The monoisotopic (exact) mass is 463 g/mol. The fourth-order valence-corrected chi connectivity index (χ4v) is 4.36. The minimum Gasteiger partial charge on any atom is -0.375 e. The molecule has 0 radical (unpaired) electrons. The third kappa shape index (κ3) is 4.91. The van der Waals surface area contributed by atoms with Crippen LogP contribution in [0.15, 0.2) is 67.1 Å².